The molecule has 12 nitrogen and oxygen atoms in total. The average molecular weight is 769 g/mol. The van der Waals surface area contributed by atoms with Gasteiger partial charge in [0.2, 0.25) is 0 Å². The van der Waals surface area contributed by atoms with Gasteiger partial charge in [-0.15, -0.1) is 0 Å². The summed E-state index contributed by atoms with van der Waals surface area (Å²) >= 11 is 0. The van der Waals surface area contributed by atoms with Gasteiger partial charge in [-0.3, -0.25) is 29.3 Å². The summed E-state index contributed by atoms with van der Waals surface area (Å²) in [6, 6.07) is 0. The molecule has 0 heterocycles. The molecule has 0 amide bonds. The van der Waals surface area contributed by atoms with Crippen LogP contribution in [0.1, 0.15) is 0 Å². The Hall–Kier alpha value is 4.42. The van der Waals surface area contributed by atoms with Gasteiger partial charge in [-0.25, -0.2) is 0 Å². The zero-order chi connectivity index (χ0) is 14.3. The van der Waals surface area contributed by atoms with E-state index < -0.39 is 29.3 Å². The van der Waals surface area contributed by atoms with Gasteiger partial charge in [-0.1, -0.05) is 0 Å². The molecule has 0 atom stereocenters. The van der Waals surface area contributed by atoms with Crippen molar-refractivity contribution < 1.29 is 201 Å². The van der Waals surface area contributed by atoms with Crippen LogP contribution in [0.2, 0.25) is 0 Å². The van der Waals surface area contributed by atoms with Crippen LogP contribution in [-0.2, 0) is 140 Å². The standard InChI is InChI=1S/4BO3.3Cd.3Zn/c4*2-1(3)4;;;;;;/q4*-3;6*+2. The molecule has 0 bridgehead atoms. The van der Waals surface area contributed by atoms with Gasteiger partial charge in [0, 0.05) is 0 Å². The van der Waals surface area contributed by atoms with Crippen LogP contribution in [0.5, 0.6) is 0 Å². The molecule has 0 aromatic heterocycles. The van der Waals surface area contributed by atoms with Crippen LogP contribution in [0.3, 0.4) is 0 Å². The maximum Gasteiger partial charge on any atom is 2.00 e. The van der Waals surface area contributed by atoms with E-state index in [1.165, 1.54) is 0 Å². The third kappa shape index (κ3) is 686. The zero-order valence-electron chi connectivity index (χ0n) is 11.5. The first-order valence-electron chi connectivity index (χ1n) is 2.83. The monoisotopic (exact) mass is 769 g/mol. The molecular formula is B4Cd3O12Zn3. The first-order chi connectivity index (χ1) is 6.93. The maximum absolute atomic E-state index is 8.42. The normalized spacial score (nSPS) is 4.91. The molecule has 22 heteroatoms. The minimum Gasteiger partial charge on any atom is -0.907 e. The average Bonchev–Trinajstić information content (AvgIpc) is 1.76. The van der Waals surface area contributed by atoms with Crippen molar-refractivity contribution in [3.63, 3.8) is 0 Å². The van der Waals surface area contributed by atoms with Crippen molar-refractivity contribution in [2.24, 2.45) is 0 Å². The van der Waals surface area contributed by atoms with E-state index in [1.54, 1.807) is 0 Å². The third-order valence-electron chi connectivity index (χ3n) is 0. The molecule has 0 aromatic carbocycles. The van der Waals surface area contributed by atoms with Gasteiger partial charge in [-0.2, -0.15) is 0 Å². The van der Waals surface area contributed by atoms with E-state index in [9.17, 15) is 0 Å². The Kier molecular flexibility index (Phi) is 162. The van der Waals surface area contributed by atoms with Gasteiger partial charge in [0.05, 0.1) is 0 Å². The Balaban J connectivity index is -0.00000001000. The molecule has 0 spiro atoms. The van der Waals surface area contributed by atoms with E-state index in [1.807, 2.05) is 0 Å². The van der Waals surface area contributed by atoms with E-state index in [0.29, 0.717) is 0 Å². The molecule has 0 aliphatic heterocycles. The zero-order valence-corrected chi connectivity index (χ0v) is 32.5. The van der Waals surface area contributed by atoms with Crippen LogP contribution < -0.4 is 60.3 Å². The second kappa shape index (κ2) is 56.2. The number of hydrogen-bond acceptors (Lipinski definition) is 12. The molecule has 0 unspecified atom stereocenters. The summed E-state index contributed by atoms with van der Waals surface area (Å²) in [6.07, 6.45) is 0. The molecule has 0 radical (unpaired) electrons. The van der Waals surface area contributed by atoms with Crippen molar-refractivity contribution in [3.05, 3.63) is 0 Å². The smallest absolute Gasteiger partial charge is 0.907 e. The molecule has 22 heavy (non-hydrogen) atoms. The van der Waals surface area contributed by atoms with Crippen molar-refractivity contribution >= 4 is 29.3 Å². The minimum absolute atomic E-state index is 0. The Morgan fingerprint density at radius 1 is 0.273 bits per heavy atom. The third-order valence-corrected chi connectivity index (χ3v) is 0. The van der Waals surface area contributed by atoms with E-state index in [4.69, 9.17) is 60.3 Å². The molecule has 0 fully saturated rings. The van der Waals surface area contributed by atoms with Crippen molar-refractivity contribution in [1.82, 2.24) is 0 Å². The number of rotatable bonds is 0. The largest absolute Gasteiger partial charge is 2.00 e. The van der Waals surface area contributed by atoms with Gasteiger partial charge in [0.15, 0.2) is 0 Å². The summed E-state index contributed by atoms with van der Waals surface area (Å²) in [7, 11) is -11.7. The van der Waals surface area contributed by atoms with Crippen LogP contribution in [0.25, 0.3) is 0 Å². The van der Waals surface area contributed by atoms with Gasteiger partial charge in [-0.05, 0) is 0 Å². The fraction of sp³-hybridized carbons (Fsp3) is 0. The van der Waals surface area contributed by atoms with E-state index in [-0.39, 0.29) is 140 Å². The fourth-order valence-corrected chi connectivity index (χ4v) is 0. The van der Waals surface area contributed by atoms with Crippen molar-refractivity contribution in [3.8, 4) is 0 Å². The fourth-order valence-electron chi connectivity index (χ4n) is 0. The topological polar surface area (TPSA) is 277 Å². The molecule has 0 aliphatic rings. The van der Waals surface area contributed by atoms with Crippen LogP contribution in [0.4, 0.5) is 0 Å². The molecule has 0 rings (SSSR count). The molecule has 0 saturated carbocycles. The van der Waals surface area contributed by atoms with Crippen molar-refractivity contribution in [2.75, 3.05) is 0 Å². The summed E-state index contributed by atoms with van der Waals surface area (Å²) in [4.78, 5) is 0. The molecule has 0 saturated heterocycles. The van der Waals surface area contributed by atoms with E-state index in [0.717, 1.165) is 0 Å². The molecular weight excluding hydrogens is 769 g/mol. The first kappa shape index (κ1) is 63.3. The summed E-state index contributed by atoms with van der Waals surface area (Å²) in [5, 5.41) is 101. The minimum atomic E-state index is -2.92. The van der Waals surface area contributed by atoms with Crippen LogP contribution >= 0.6 is 0 Å². The molecule has 96 valence electrons. The van der Waals surface area contributed by atoms with Crippen LogP contribution in [0, 0.1) is 0 Å². The summed E-state index contributed by atoms with van der Waals surface area (Å²) in [5.41, 5.74) is 0. The maximum atomic E-state index is 8.42. The predicted octanol–water partition coefficient (Wildman–Crippen LogP) is -15.8. The van der Waals surface area contributed by atoms with Crippen molar-refractivity contribution in [1.29, 1.82) is 0 Å². The second-order valence-corrected chi connectivity index (χ2v) is 1.15. The summed E-state index contributed by atoms with van der Waals surface area (Å²) in [5.74, 6) is 0. The van der Waals surface area contributed by atoms with E-state index in [2.05, 4.69) is 0 Å². The SMILES string of the molecule is [Cd+2].[Cd+2].[Cd+2].[O-]B([O-])[O-].[O-]B([O-])[O-].[O-]B([O-])[O-].[O-]B([O-])[O-].[Zn+2].[Zn+2].[Zn+2]. The van der Waals surface area contributed by atoms with Gasteiger partial charge < -0.3 is 60.3 Å². The summed E-state index contributed by atoms with van der Waals surface area (Å²) in [6.45, 7) is 0. The molecule has 0 aliphatic carbocycles. The van der Waals surface area contributed by atoms with Crippen LogP contribution in [0.15, 0.2) is 0 Å². The van der Waals surface area contributed by atoms with Crippen LogP contribution in [-0.4, -0.2) is 29.3 Å². The Morgan fingerprint density at radius 2 is 0.273 bits per heavy atom. The molecule has 0 N–H and O–H groups in total. The quantitative estimate of drug-likeness (QED) is 0.208. The van der Waals surface area contributed by atoms with Crippen molar-refractivity contribution in [2.45, 2.75) is 0 Å². The Labute approximate surface area is 226 Å². The van der Waals surface area contributed by atoms with Gasteiger partial charge in [0.25, 0.3) is 0 Å². The molecule has 0 aromatic rings. The van der Waals surface area contributed by atoms with Gasteiger partial charge >= 0.3 is 140 Å². The first-order valence-corrected chi connectivity index (χ1v) is 2.83. The predicted molar refractivity (Wildman–Crippen MR) is 23.0 cm³/mol. The van der Waals surface area contributed by atoms with Gasteiger partial charge in [0.1, 0.15) is 0 Å². The van der Waals surface area contributed by atoms with E-state index >= 15 is 0 Å². The Bertz CT molecular complexity index is 80.6. The number of hydrogen-bond donors (Lipinski definition) is 0. The second-order valence-electron chi connectivity index (χ2n) is 1.15. The Morgan fingerprint density at radius 3 is 0.273 bits per heavy atom. The summed E-state index contributed by atoms with van der Waals surface area (Å²) < 4.78 is 0.